The standard InChI is InChI=1S/C18H27N3O2/c1-14-7-4-8-15(13-14)17(20(2)3)18(23)19-10-6-12-21-11-5-9-16(21)22/h4,7-8,13,17H,5-6,9-12H2,1-3H3,(H,19,23). The van der Waals surface area contributed by atoms with Crippen molar-refractivity contribution in [3.05, 3.63) is 35.4 Å². The Labute approximate surface area is 138 Å². The normalized spacial score (nSPS) is 16.0. The highest BCUT2D eigenvalue weighted by Gasteiger charge is 2.23. The van der Waals surface area contributed by atoms with Crippen LogP contribution in [0.3, 0.4) is 0 Å². The maximum Gasteiger partial charge on any atom is 0.241 e. The Balaban J connectivity index is 1.85. The number of hydrogen-bond acceptors (Lipinski definition) is 3. The third-order valence-electron chi connectivity index (χ3n) is 4.20. The van der Waals surface area contributed by atoms with Crippen molar-refractivity contribution in [2.75, 3.05) is 33.7 Å². The molecule has 0 radical (unpaired) electrons. The molecule has 5 nitrogen and oxygen atoms in total. The molecule has 1 saturated heterocycles. The number of likely N-dealkylation sites (N-methyl/N-ethyl adjacent to an activating group) is 1. The maximum atomic E-state index is 12.5. The van der Waals surface area contributed by atoms with Gasteiger partial charge in [-0.05, 0) is 39.4 Å². The molecule has 1 aliphatic rings. The summed E-state index contributed by atoms with van der Waals surface area (Å²) in [5.41, 5.74) is 2.15. The van der Waals surface area contributed by atoms with Crippen LogP contribution in [0.25, 0.3) is 0 Å². The molecule has 1 heterocycles. The number of aryl methyl sites for hydroxylation is 1. The number of nitrogens with zero attached hydrogens (tertiary/aromatic N) is 2. The van der Waals surface area contributed by atoms with Crippen LogP contribution in [0.2, 0.25) is 0 Å². The third-order valence-corrected chi connectivity index (χ3v) is 4.20. The molecule has 0 aromatic heterocycles. The molecule has 1 atom stereocenters. The first kappa shape index (κ1) is 17.5. The Morgan fingerprint density at radius 2 is 2.17 bits per heavy atom. The smallest absolute Gasteiger partial charge is 0.241 e. The molecule has 0 spiro atoms. The summed E-state index contributed by atoms with van der Waals surface area (Å²) < 4.78 is 0. The van der Waals surface area contributed by atoms with E-state index in [9.17, 15) is 9.59 Å². The van der Waals surface area contributed by atoms with Gasteiger partial charge in [0.25, 0.3) is 0 Å². The molecule has 5 heteroatoms. The fourth-order valence-electron chi connectivity index (χ4n) is 3.04. The summed E-state index contributed by atoms with van der Waals surface area (Å²) in [7, 11) is 3.82. The Morgan fingerprint density at radius 3 is 2.78 bits per heavy atom. The lowest BCUT2D eigenvalue weighted by molar-refractivity contribution is -0.127. The van der Waals surface area contributed by atoms with E-state index in [1.807, 2.05) is 55.1 Å². The first-order valence-electron chi connectivity index (χ1n) is 8.27. The van der Waals surface area contributed by atoms with Crippen molar-refractivity contribution in [2.45, 2.75) is 32.2 Å². The van der Waals surface area contributed by atoms with Gasteiger partial charge in [-0.25, -0.2) is 0 Å². The SMILES string of the molecule is Cc1cccc(C(C(=O)NCCCN2CCCC2=O)N(C)C)c1. The second-order valence-electron chi connectivity index (χ2n) is 6.41. The molecule has 126 valence electrons. The topological polar surface area (TPSA) is 52.7 Å². The summed E-state index contributed by atoms with van der Waals surface area (Å²) in [6.07, 6.45) is 2.43. The molecule has 1 aromatic rings. The van der Waals surface area contributed by atoms with Crippen LogP contribution in [0.1, 0.15) is 36.4 Å². The van der Waals surface area contributed by atoms with Gasteiger partial charge in [0.05, 0.1) is 0 Å². The van der Waals surface area contributed by atoms with Crippen molar-refractivity contribution in [2.24, 2.45) is 0 Å². The summed E-state index contributed by atoms with van der Waals surface area (Å²) in [6.45, 7) is 4.21. The van der Waals surface area contributed by atoms with E-state index in [0.717, 1.165) is 37.1 Å². The highest BCUT2D eigenvalue weighted by atomic mass is 16.2. The van der Waals surface area contributed by atoms with Crippen molar-refractivity contribution in [1.29, 1.82) is 0 Å². The van der Waals surface area contributed by atoms with E-state index in [4.69, 9.17) is 0 Å². The van der Waals surface area contributed by atoms with E-state index in [1.165, 1.54) is 0 Å². The van der Waals surface area contributed by atoms with Gasteiger partial charge in [0.15, 0.2) is 0 Å². The van der Waals surface area contributed by atoms with E-state index in [2.05, 4.69) is 5.32 Å². The molecule has 1 N–H and O–H groups in total. The van der Waals surface area contributed by atoms with Gasteiger partial charge in [0.1, 0.15) is 6.04 Å². The largest absolute Gasteiger partial charge is 0.354 e. The average Bonchev–Trinajstić information content (AvgIpc) is 2.89. The van der Waals surface area contributed by atoms with Crippen LogP contribution in [-0.4, -0.2) is 55.3 Å². The van der Waals surface area contributed by atoms with E-state index < -0.39 is 0 Å². The second-order valence-corrected chi connectivity index (χ2v) is 6.41. The highest BCUT2D eigenvalue weighted by molar-refractivity contribution is 5.83. The maximum absolute atomic E-state index is 12.5. The van der Waals surface area contributed by atoms with E-state index in [1.54, 1.807) is 0 Å². The second kappa shape index (κ2) is 8.11. The lowest BCUT2D eigenvalue weighted by Gasteiger charge is -2.24. The molecule has 1 unspecified atom stereocenters. The first-order valence-corrected chi connectivity index (χ1v) is 8.27. The number of benzene rings is 1. The quantitative estimate of drug-likeness (QED) is 0.779. The summed E-state index contributed by atoms with van der Waals surface area (Å²) >= 11 is 0. The predicted molar refractivity (Wildman–Crippen MR) is 91.0 cm³/mol. The number of carbonyl (C=O) groups excluding carboxylic acids is 2. The van der Waals surface area contributed by atoms with Gasteiger partial charge in [-0.1, -0.05) is 29.8 Å². The summed E-state index contributed by atoms with van der Waals surface area (Å²) in [6, 6.07) is 7.75. The lowest BCUT2D eigenvalue weighted by Crippen LogP contribution is -2.38. The van der Waals surface area contributed by atoms with Crippen LogP contribution in [0.15, 0.2) is 24.3 Å². The molecule has 0 aliphatic carbocycles. The van der Waals surface area contributed by atoms with Gasteiger partial charge >= 0.3 is 0 Å². The number of amides is 2. The Kier molecular flexibility index (Phi) is 6.16. The van der Waals surface area contributed by atoms with Crippen LogP contribution < -0.4 is 5.32 Å². The van der Waals surface area contributed by atoms with Gasteiger partial charge in [0, 0.05) is 26.1 Å². The third kappa shape index (κ3) is 4.79. The minimum absolute atomic E-state index is 0.00773. The fourth-order valence-corrected chi connectivity index (χ4v) is 3.04. The van der Waals surface area contributed by atoms with Crippen molar-refractivity contribution in [1.82, 2.24) is 15.1 Å². The van der Waals surface area contributed by atoms with Gasteiger partial charge in [-0.3, -0.25) is 14.5 Å². The van der Waals surface area contributed by atoms with Gasteiger partial charge < -0.3 is 10.2 Å². The number of likely N-dealkylation sites (tertiary alicyclic amines) is 1. The van der Waals surface area contributed by atoms with E-state index >= 15 is 0 Å². The predicted octanol–water partition coefficient (Wildman–Crippen LogP) is 1.73. The summed E-state index contributed by atoms with van der Waals surface area (Å²) in [5, 5.41) is 3.00. The number of nitrogens with one attached hydrogen (secondary N) is 1. The van der Waals surface area contributed by atoms with Crippen molar-refractivity contribution in [3.63, 3.8) is 0 Å². The zero-order chi connectivity index (χ0) is 16.8. The Morgan fingerprint density at radius 1 is 1.39 bits per heavy atom. The van der Waals surface area contributed by atoms with Crippen molar-refractivity contribution < 1.29 is 9.59 Å². The van der Waals surface area contributed by atoms with E-state index in [0.29, 0.717) is 13.0 Å². The highest BCUT2D eigenvalue weighted by Crippen LogP contribution is 2.19. The van der Waals surface area contributed by atoms with Crippen LogP contribution in [0.4, 0.5) is 0 Å². The van der Waals surface area contributed by atoms with Crippen LogP contribution in [0.5, 0.6) is 0 Å². The molecule has 0 bridgehead atoms. The van der Waals surface area contributed by atoms with Crippen molar-refractivity contribution in [3.8, 4) is 0 Å². The molecular weight excluding hydrogens is 290 g/mol. The monoisotopic (exact) mass is 317 g/mol. The van der Waals surface area contributed by atoms with Gasteiger partial charge in [-0.2, -0.15) is 0 Å². The number of rotatable bonds is 7. The molecule has 1 fully saturated rings. The molecule has 1 aliphatic heterocycles. The van der Waals surface area contributed by atoms with Crippen molar-refractivity contribution >= 4 is 11.8 Å². The van der Waals surface area contributed by atoms with Crippen LogP contribution in [-0.2, 0) is 9.59 Å². The number of hydrogen-bond donors (Lipinski definition) is 1. The average molecular weight is 317 g/mol. The van der Waals surface area contributed by atoms with Crippen LogP contribution in [0, 0.1) is 6.92 Å². The van der Waals surface area contributed by atoms with Crippen LogP contribution >= 0.6 is 0 Å². The van der Waals surface area contributed by atoms with E-state index in [-0.39, 0.29) is 17.9 Å². The minimum Gasteiger partial charge on any atom is -0.354 e. The Hall–Kier alpha value is -1.88. The zero-order valence-corrected chi connectivity index (χ0v) is 14.3. The molecule has 23 heavy (non-hydrogen) atoms. The lowest BCUT2D eigenvalue weighted by atomic mass is 10.0. The molecule has 1 aromatic carbocycles. The summed E-state index contributed by atoms with van der Waals surface area (Å²) in [4.78, 5) is 27.9. The molecule has 2 rings (SSSR count). The fraction of sp³-hybridized carbons (Fsp3) is 0.556. The minimum atomic E-state index is -0.289. The zero-order valence-electron chi connectivity index (χ0n) is 14.3. The Bertz CT molecular complexity index is 557. The van der Waals surface area contributed by atoms with Gasteiger partial charge in [0.2, 0.25) is 11.8 Å². The number of carbonyl (C=O) groups is 2. The molecule has 0 saturated carbocycles. The van der Waals surface area contributed by atoms with Gasteiger partial charge in [-0.15, -0.1) is 0 Å². The summed E-state index contributed by atoms with van der Waals surface area (Å²) in [5.74, 6) is 0.246. The molecular formula is C18H27N3O2. The molecule has 2 amide bonds. The first-order chi connectivity index (χ1) is 11.0.